The molecule has 0 aromatic heterocycles. The summed E-state index contributed by atoms with van der Waals surface area (Å²) in [6.07, 6.45) is 4.91. The van der Waals surface area contributed by atoms with Crippen molar-refractivity contribution in [1.29, 1.82) is 0 Å². The van der Waals surface area contributed by atoms with Crippen molar-refractivity contribution in [2.45, 2.75) is 38.3 Å². The lowest BCUT2D eigenvalue weighted by Crippen LogP contribution is -2.25. The molecule has 1 aliphatic rings. The third-order valence-electron chi connectivity index (χ3n) is 3.28. The van der Waals surface area contributed by atoms with E-state index in [0.717, 1.165) is 26.0 Å². The van der Waals surface area contributed by atoms with Gasteiger partial charge in [0.25, 0.3) is 0 Å². The van der Waals surface area contributed by atoms with Gasteiger partial charge in [-0.3, -0.25) is 0 Å². The van der Waals surface area contributed by atoms with E-state index in [0.29, 0.717) is 23.2 Å². The van der Waals surface area contributed by atoms with Crippen molar-refractivity contribution in [2.75, 3.05) is 13.2 Å². The summed E-state index contributed by atoms with van der Waals surface area (Å²) < 4.78 is 19.1. The molecule has 1 N–H and O–H groups in total. The molecule has 0 saturated carbocycles. The maximum Gasteiger partial charge on any atom is 0.129 e. The van der Waals surface area contributed by atoms with E-state index >= 15 is 0 Å². The van der Waals surface area contributed by atoms with Gasteiger partial charge in [-0.25, -0.2) is 4.39 Å². The molecule has 18 heavy (non-hydrogen) atoms. The molecule has 0 bridgehead atoms. The summed E-state index contributed by atoms with van der Waals surface area (Å²) in [5.41, 5.74) is 0.545. The Hall–Kier alpha value is -0.640. The molecule has 1 aliphatic heterocycles. The smallest absolute Gasteiger partial charge is 0.129 e. The molecule has 0 spiro atoms. The fourth-order valence-corrected chi connectivity index (χ4v) is 2.44. The van der Waals surface area contributed by atoms with Crippen LogP contribution in [0, 0.1) is 5.82 Å². The maximum atomic E-state index is 13.5. The third-order valence-corrected chi connectivity index (χ3v) is 3.63. The van der Waals surface area contributed by atoms with Gasteiger partial charge in [0.05, 0.1) is 6.10 Å². The third kappa shape index (κ3) is 3.94. The van der Waals surface area contributed by atoms with Crippen LogP contribution >= 0.6 is 11.6 Å². The van der Waals surface area contributed by atoms with E-state index in [1.54, 1.807) is 12.1 Å². The normalized spacial score (nSPS) is 20.0. The molecule has 1 aromatic rings. The molecule has 1 fully saturated rings. The molecule has 4 heteroatoms. The van der Waals surface area contributed by atoms with Crippen LogP contribution in [0.4, 0.5) is 4.39 Å². The number of halogens is 2. The monoisotopic (exact) mass is 271 g/mol. The predicted octanol–water partition coefficient (Wildman–Crippen LogP) is 3.53. The fourth-order valence-electron chi connectivity index (χ4n) is 2.21. The first-order valence-corrected chi connectivity index (χ1v) is 6.90. The number of benzene rings is 1. The van der Waals surface area contributed by atoms with Crippen molar-refractivity contribution < 1.29 is 9.13 Å². The van der Waals surface area contributed by atoms with Crippen molar-refractivity contribution in [3.63, 3.8) is 0 Å². The van der Waals surface area contributed by atoms with E-state index in [2.05, 4.69) is 5.32 Å². The quantitative estimate of drug-likeness (QED) is 0.828. The zero-order valence-electron chi connectivity index (χ0n) is 10.4. The summed E-state index contributed by atoms with van der Waals surface area (Å²) in [6, 6.07) is 4.77. The minimum atomic E-state index is -0.246. The van der Waals surface area contributed by atoms with Gasteiger partial charge >= 0.3 is 0 Å². The average Bonchev–Trinajstić information content (AvgIpc) is 2.38. The second-order valence-corrected chi connectivity index (χ2v) is 5.06. The minimum Gasteiger partial charge on any atom is -0.378 e. The number of hydrogen-bond donors (Lipinski definition) is 1. The van der Waals surface area contributed by atoms with Gasteiger partial charge in [0.2, 0.25) is 0 Å². The van der Waals surface area contributed by atoms with Crippen LogP contribution in [0.1, 0.15) is 31.2 Å². The highest BCUT2D eigenvalue weighted by Crippen LogP contribution is 2.19. The van der Waals surface area contributed by atoms with Crippen LogP contribution in [0.25, 0.3) is 0 Å². The van der Waals surface area contributed by atoms with Crippen molar-refractivity contribution in [2.24, 2.45) is 0 Å². The van der Waals surface area contributed by atoms with Crippen LogP contribution in [0.5, 0.6) is 0 Å². The minimum absolute atomic E-state index is 0.246. The standard InChI is InChI=1S/C14H19ClFNO/c15-13-5-3-6-14(16)12(13)10-17-8-7-11-4-1-2-9-18-11/h3,5-6,11,17H,1-2,4,7-10H2. The molecule has 1 heterocycles. The van der Waals surface area contributed by atoms with Gasteiger partial charge < -0.3 is 10.1 Å². The number of nitrogens with one attached hydrogen (secondary N) is 1. The van der Waals surface area contributed by atoms with Gasteiger partial charge in [-0.15, -0.1) is 0 Å². The van der Waals surface area contributed by atoms with Crippen LogP contribution in [-0.4, -0.2) is 19.3 Å². The van der Waals surface area contributed by atoms with Crippen LogP contribution in [0.2, 0.25) is 5.02 Å². The van der Waals surface area contributed by atoms with E-state index in [9.17, 15) is 4.39 Å². The lowest BCUT2D eigenvalue weighted by atomic mass is 10.1. The molecule has 1 atom stereocenters. The second-order valence-electron chi connectivity index (χ2n) is 4.65. The second kappa shape index (κ2) is 7.07. The van der Waals surface area contributed by atoms with E-state index in [-0.39, 0.29) is 5.82 Å². The van der Waals surface area contributed by atoms with Crippen LogP contribution in [-0.2, 0) is 11.3 Å². The van der Waals surface area contributed by atoms with E-state index in [1.807, 2.05) is 0 Å². The van der Waals surface area contributed by atoms with E-state index < -0.39 is 0 Å². The summed E-state index contributed by atoms with van der Waals surface area (Å²) in [7, 11) is 0. The molecule has 2 rings (SSSR count). The molecule has 2 nitrogen and oxygen atoms in total. The molecule has 1 unspecified atom stereocenters. The van der Waals surface area contributed by atoms with Crippen LogP contribution < -0.4 is 5.32 Å². The maximum absolute atomic E-state index is 13.5. The molecule has 0 amide bonds. The molecular weight excluding hydrogens is 253 g/mol. The topological polar surface area (TPSA) is 21.3 Å². The Morgan fingerprint density at radius 2 is 2.28 bits per heavy atom. The first-order valence-electron chi connectivity index (χ1n) is 6.52. The average molecular weight is 272 g/mol. The lowest BCUT2D eigenvalue weighted by molar-refractivity contribution is 0.0115. The van der Waals surface area contributed by atoms with Gasteiger partial charge in [0.1, 0.15) is 5.82 Å². The zero-order chi connectivity index (χ0) is 12.8. The van der Waals surface area contributed by atoms with Crippen molar-refractivity contribution in [1.82, 2.24) is 5.32 Å². The van der Waals surface area contributed by atoms with Gasteiger partial charge in [-0.05, 0) is 44.4 Å². The highest BCUT2D eigenvalue weighted by molar-refractivity contribution is 6.31. The number of hydrogen-bond acceptors (Lipinski definition) is 2. The van der Waals surface area contributed by atoms with Crippen molar-refractivity contribution >= 4 is 11.6 Å². The Bertz CT molecular complexity index is 360. The van der Waals surface area contributed by atoms with Gasteiger partial charge in [-0.1, -0.05) is 17.7 Å². The summed E-state index contributed by atoms with van der Waals surface area (Å²) in [5.74, 6) is -0.246. The Balaban J connectivity index is 1.71. The Morgan fingerprint density at radius 3 is 3.00 bits per heavy atom. The van der Waals surface area contributed by atoms with E-state index in [4.69, 9.17) is 16.3 Å². The number of rotatable bonds is 5. The van der Waals surface area contributed by atoms with Gasteiger partial charge in [-0.2, -0.15) is 0 Å². The van der Waals surface area contributed by atoms with Crippen LogP contribution in [0.15, 0.2) is 18.2 Å². The summed E-state index contributed by atoms with van der Waals surface area (Å²) >= 11 is 5.95. The van der Waals surface area contributed by atoms with Crippen molar-refractivity contribution in [3.8, 4) is 0 Å². The molecular formula is C14H19ClFNO. The van der Waals surface area contributed by atoms with E-state index in [1.165, 1.54) is 18.9 Å². The van der Waals surface area contributed by atoms with Crippen molar-refractivity contribution in [3.05, 3.63) is 34.6 Å². The summed E-state index contributed by atoms with van der Waals surface area (Å²) in [5, 5.41) is 3.71. The number of ether oxygens (including phenoxy) is 1. The SMILES string of the molecule is Fc1cccc(Cl)c1CNCCC1CCCCO1. The Kier molecular flexibility index (Phi) is 5.42. The lowest BCUT2D eigenvalue weighted by Gasteiger charge is -2.22. The highest BCUT2D eigenvalue weighted by Gasteiger charge is 2.13. The molecule has 100 valence electrons. The summed E-state index contributed by atoms with van der Waals surface area (Å²) in [4.78, 5) is 0. The summed E-state index contributed by atoms with van der Waals surface area (Å²) in [6.45, 7) is 2.18. The van der Waals surface area contributed by atoms with Gasteiger partial charge in [0.15, 0.2) is 0 Å². The van der Waals surface area contributed by atoms with Crippen LogP contribution in [0.3, 0.4) is 0 Å². The first kappa shape index (κ1) is 13.8. The van der Waals surface area contributed by atoms with Gasteiger partial charge in [0, 0.05) is 23.7 Å². The molecule has 1 aromatic carbocycles. The zero-order valence-corrected chi connectivity index (χ0v) is 11.2. The molecule has 0 aliphatic carbocycles. The predicted molar refractivity (Wildman–Crippen MR) is 71.3 cm³/mol. The first-order chi connectivity index (χ1) is 8.77. The molecule has 0 radical (unpaired) electrons. The highest BCUT2D eigenvalue weighted by atomic mass is 35.5. The Labute approximate surface area is 112 Å². The largest absolute Gasteiger partial charge is 0.378 e. The Morgan fingerprint density at radius 1 is 1.39 bits per heavy atom. The fraction of sp³-hybridized carbons (Fsp3) is 0.571. The molecule has 1 saturated heterocycles.